The second-order valence-electron chi connectivity index (χ2n) is 11.2. The lowest BCUT2D eigenvalue weighted by Crippen LogP contribution is -2.51. The van der Waals surface area contributed by atoms with E-state index >= 15 is 0 Å². The Balaban J connectivity index is 1.48. The Morgan fingerprint density at radius 1 is 1.08 bits per heavy atom. The second-order valence-corrected chi connectivity index (χ2v) is 11.2. The van der Waals surface area contributed by atoms with Gasteiger partial charge in [-0.1, -0.05) is 29.7 Å². The van der Waals surface area contributed by atoms with Crippen molar-refractivity contribution in [2.24, 2.45) is 34.5 Å². The van der Waals surface area contributed by atoms with Gasteiger partial charge in [0, 0.05) is 12.6 Å². The van der Waals surface area contributed by atoms with Gasteiger partial charge in [-0.05, 0) is 114 Å². The van der Waals surface area contributed by atoms with Gasteiger partial charge in [0.15, 0.2) is 0 Å². The lowest BCUT2D eigenvalue weighted by molar-refractivity contribution is -0.0365. The first-order chi connectivity index (χ1) is 12.4. The maximum absolute atomic E-state index is 2.73. The highest BCUT2D eigenvalue weighted by Gasteiger charge is 2.63. The van der Waals surface area contributed by atoms with Gasteiger partial charge in [0.1, 0.15) is 0 Å². The van der Waals surface area contributed by atoms with E-state index in [0.717, 1.165) is 29.7 Å². The molecule has 26 heavy (non-hydrogen) atoms. The first-order valence-corrected chi connectivity index (χ1v) is 11.4. The van der Waals surface area contributed by atoms with Crippen LogP contribution in [0.3, 0.4) is 0 Å². The Labute approximate surface area is 161 Å². The SMILES string of the molecule is CC(C)=C1CC[C@@]2(C)C(=CC[C@H]3[C@@H]4CC[C@@H]5[C@H](C)N(C)C[C@@]54CC[C@@H]32)C1. The van der Waals surface area contributed by atoms with Gasteiger partial charge in [0.05, 0.1) is 0 Å². The van der Waals surface area contributed by atoms with E-state index in [0.29, 0.717) is 10.8 Å². The van der Waals surface area contributed by atoms with Crippen molar-refractivity contribution in [2.45, 2.75) is 85.1 Å². The molecule has 1 heterocycles. The summed E-state index contributed by atoms with van der Waals surface area (Å²) in [6.07, 6.45) is 14.3. The Kier molecular flexibility index (Phi) is 3.86. The quantitative estimate of drug-likeness (QED) is 0.468. The van der Waals surface area contributed by atoms with E-state index in [2.05, 4.69) is 45.7 Å². The summed E-state index contributed by atoms with van der Waals surface area (Å²) in [4.78, 5) is 2.70. The maximum Gasteiger partial charge on any atom is 0.00982 e. The third-order valence-corrected chi connectivity index (χ3v) is 10.3. The van der Waals surface area contributed by atoms with Crippen LogP contribution in [0.5, 0.6) is 0 Å². The van der Waals surface area contributed by atoms with Crippen molar-refractivity contribution in [2.75, 3.05) is 13.6 Å². The van der Waals surface area contributed by atoms with Crippen molar-refractivity contribution in [3.63, 3.8) is 0 Å². The Hall–Kier alpha value is -0.560. The summed E-state index contributed by atoms with van der Waals surface area (Å²) in [7, 11) is 2.39. The highest BCUT2D eigenvalue weighted by atomic mass is 15.2. The van der Waals surface area contributed by atoms with Crippen LogP contribution in [0.25, 0.3) is 0 Å². The van der Waals surface area contributed by atoms with Gasteiger partial charge in [-0.2, -0.15) is 0 Å². The fourth-order valence-electron chi connectivity index (χ4n) is 8.73. The van der Waals surface area contributed by atoms with E-state index in [1.54, 1.807) is 11.1 Å². The van der Waals surface area contributed by atoms with E-state index < -0.39 is 0 Å². The molecule has 1 saturated heterocycles. The van der Waals surface area contributed by atoms with Crippen LogP contribution in [0.1, 0.15) is 79.1 Å². The number of hydrogen-bond acceptors (Lipinski definition) is 1. The molecule has 0 unspecified atom stereocenters. The molecule has 1 aliphatic heterocycles. The van der Waals surface area contributed by atoms with E-state index in [4.69, 9.17) is 0 Å². The lowest BCUT2D eigenvalue weighted by Gasteiger charge is -2.58. The highest BCUT2D eigenvalue weighted by Crippen LogP contribution is 2.68. The summed E-state index contributed by atoms with van der Waals surface area (Å²) in [5.41, 5.74) is 6.34. The van der Waals surface area contributed by atoms with Crippen LogP contribution >= 0.6 is 0 Å². The number of allylic oxidation sites excluding steroid dienone is 4. The molecular formula is C25H39N. The summed E-state index contributed by atoms with van der Waals surface area (Å²) in [5.74, 6) is 3.95. The highest BCUT2D eigenvalue weighted by molar-refractivity contribution is 5.33. The molecule has 144 valence electrons. The van der Waals surface area contributed by atoms with Gasteiger partial charge in [0.25, 0.3) is 0 Å². The second kappa shape index (κ2) is 5.72. The van der Waals surface area contributed by atoms with Crippen molar-refractivity contribution in [1.29, 1.82) is 0 Å². The van der Waals surface area contributed by atoms with Crippen LogP contribution in [0.4, 0.5) is 0 Å². The van der Waals surface area contributed by atoms with Gasteiger partial charge in [-0.15, -0.1) is 0 Å². The predicted molar refractivity (Wildman–Crippen MR) is 110 cm³/mol. The zero-order valence-corrected chi connectivity index (χ0v) is 17.8. The molecule has 1 heteroatoms. The zero-order chi connectivity index (χ0) is 18.3. The lowest BCUT2D eigenvalue weighted by atomic mass is 9.47. The van der Waals surface area contributed by atoms with E-state index in [1.165, 1.54) is 57.9 Å². The van der Waals surface area contributed by atoms with Crippen LogP contribution in [-0.2, 0) is 0 Å². The third-order valence-electron chi connectivity index (χ3n) is 10.3. The van der Waals surface area contributed by atoms with E-state index in [9.17, 15) is 0 Å². The smallest absolute Gasteiger partial charge is 0.00982 e. The summed E-state index contributed by atoms with van der Waals surface area (Å²) in [6, 6.07) is 0.816. The van der Waals surface area contributed by atoms with Gasteiger partial charge in [0.2, 0.25) is 0 Å². The fourth-order valence-corrected chi connectivity index (χ4v) is 8.73. The zero-order valence-electron chi connectivity index (χ0n) is 17.8. The Morgan fingerprint density at radius 2 is 1.85 bits per heavy atom. The van der Waals surface area contributed by atoms with Crippen molar-refractivity contribution >= 4 is 0 Å². The number of hydrogen-bond donors (Lipinski definition) is 0. The van der Waals surface area contributed by atoms with Gasteiger partial charge < -0.3 is 4.90 Å². The van der Waals surface area contributed by atoms with Crippen molar-refractivity contribution < 1.29 is 0 Å². The Morgan fingerprint density at radius 3 is 2.62 bits per heavy atom. The average molecular weight is 354 g/mol. The summed E-state index contributed by atoms with van der Waals surface area (Å²) in [5, 5.41) is 0. The van der Waals surface area contributed by atoms with Crippen LogP contribution in [0.2, 0.25) is 0 Å². The topological polar surface area (TPSA) is 3.24 Å². The number of nitrogens with zero attached hydrogens (tertiary/aromatic N) is 1. The molecule has 3 saturated carbocycles. The molecule has 4 aliphatic carbocycles. The summed E-state index contributed by atoms with van der Waals surface area (Å²) >= 11 is 0. The Bertz CT molecular complexity index is 668. The summed E-state index contributed by atoms with van der Waals surface area (Å²) in [6.45, 7) is 11.2. The first-order valence-electron chi connectivity index (χ1n) is 11.4. The maximum atomic E-state index is 2.73. The number of rotatable bonds is 0. The van der Waals surface area contributed by atoms with Gasteiger partial charge in [-0.25, -0.2) is 0 Å². The molecule has 0 N–H and O–H groups in total. The molecule has 5 rings (SSSR count). The average Bonchev–Trinajstić information content (AvgIpc) is 3.08. The molecule has 0 aromatic heterocycles. The van der Waals surface area contributed by atoms with Crippen LogP contribution < -0.4 is 0 Å². The van der Waals surface area contributed by atoms with Crippen LogP contribution in [0.15, 0.2) is 22.8 Å². The molecule has 0 aromatic carbocycles. The predicted octanol–water partition coefficient (Wildman–Crippen LogP) is 6.22. The van der Waals surface area contributed by atoms with Crippen molar-refractivity contribution in [1.82, 2.24) is 4.90 Å². The van der Waals surface area contributed by atoms with Crippen LogP contribution in [0, 0.1) is 34.5 Å². The van der Waals surface area contributed by atoms with Crippen molar-refractivity contribution in [3.05, 3.63) is 22.8 Å². The largest absolute Gasteiger partial charge is 0.303 e. The molecule has 7 atom stereocenters. The molecule has 5 aliphatic rings. The standard InChI is InChI=1S/C25H39N/c1-16(2)18-10-12-24(4)19(14-18)6-7-20-22(24)11-13-25-15-26(5)17(3)21(25)8-9-23(20)25/h6,17,20-23H,7-15H2,1-5H3/t17-,20+,21+,22-,23-,24-,25-/m0/s1. The number of likely N-dealkylation sites (tertiary alicyclic amines) is 1. The first kappa shape index (κ1) is 17.5. The minimum absolute atomic E-state index is 0.512. The van der Waals surface area contributed by atoms with E-state index in [1.807, 2.05) is 5.57 Å². The third kappa shape index (κ3) is 2.13. The molecule has 0 aromatic rings. The molecule has 1 nitrogen and oxygen atoms in total. The molecule has 0 amide bonds. The fraction of sp³-hybridized carbons (Fsp3) is 0.840. The molecular weight excluding hydrogens is 314 g/mol. The van der Waals surface area contributed by atoms with Crippen molar-refractivity contribution in [3.8, 4) is 0 Å². The molecule has 4 fully saturated rings. The summed E-state index contributed by atoms with van der Waals surface area (Å²) < 4.78 is 0. The van der Waals surface area contributed by atoms with Gasteiger partial charge >= 0.3 is 0 Å². The molecule has 1 spiro atoms. The van der Waals surface area contributed by atoms with E-state index in [-0.39, 0.29) is 0 Å². The minimum Gasteiger partial charge on any atom is -0.303 e. The normalized spacial score (nSPS) is 50.6. The number of fused-ring (bicyclic) bond motifs is 4. The van der Waals surface area contributed by atoms with Crippen LogP contribution in [-0.4, -0.2) is 24.5 Å². The van der Waals surface area contributed by atoms with Gasteiger partial charge in [-0.3, -0.25) is 0 Å². The molecule has 0 bridgehead atoms. The monoisotopic (exact) mass is 353 g/mol. The minimum atomic E-state index is 0.512. The molecule has 0 radical (unpaired) electrons.